The second-order valence-corrected chi connectivity index (χ2v) is 7.01. The van der Waals surface area contributed by atoms with Gasteiger partial charge in [0.15, 0.2) is 6.61 Å². The largest absolute Gasteiger partial charge is 0.482 e. The van der Waals surface area contributed by atoms with Crippen LogP contribution in [0.5, 0.6) is 5.75 Å². The standard InChI is InChI=1S/C25H24N2O3/c1-2-29-25(28)17-30-20-14-12-19(13-15-20)24-16-23(18-8-4-3-5-9-18)26-21-10-6-7-11-22(21)27-24/h3-15,23,26H,2,16-17H2,1H3. The zero-order valence-corrected chi connectivity index (χ0v) is 16.9. The van der Waals surface area contributed by atoms with Gasteiger partial charge in [-0.25, -0.2) is 4.79 Å². The minimum Gasteiger partial charge on any atom is -0.482 e. The topological polar surface area (TPSA) is 59.9 Å². The summed E-state index contributed by atoms with van der Waals surface area (Å²) in [5.74, 6) is 0.252. The van der Waals surface area contributed by atoms with Crippen LogP contribution in [0.2, 0.25) is 0 Å². The van der Waals surface area contributed by atoms with Crippen LogP contribution in [0.1, 0.15) is 30.5 Å². The number of hydrogen-bond donors (Lipinski definition) is 1. The zero-order chi connectivity index (χ0) is 20.8. The number of carbonyl (C=O) groups excluding carboxylic acids is 1. The third-order valence-electron chi connectivity index (χ3n) is 4.94. The third-order valence-corrected chi connectivity index (χ3v) is 4.94. The number of para-hydroxylation sites is 2. The van der Waals surface area contributed by atoms with Gasteiger partial charge in [0, 0.05) is 6.42 Å². The first-order valence-corrected chi connectivity index (χ1v) is 10.1. The molecule has 1 heterocycles. The van der Waals surface area contributed by atoms with Crippen molar-refractivity contribution in [3.05, 3.63) is 90.0 Å². The molecule has 1 N–H and O–H groups in total. The van der Waals surface area contributed by atoms with Crippen LogP contribution in [0.25, 0.3) is 0 Å². The Hall–Kier alpha value is -3.60. The van der Waals surface area contributed by atoms with E-state index in [1.54, 1.807) is 6.92 Å². The Morgan fingerprint density at radius 3 is 2.50 bits per heavy atom. The number of nitrogens with one attached hydrogen (secondary N) is 1. The first-order valence-electron chi connectivity index (χ1n) is 10.1. The first kappa shape index (κ1) is 19.7. The molecule has 4 rings (SSSR count). The lowest BCUT2D eigenvalue weighted by Gasteiger charge is -2.19. The molecular formula is C25H24N2O3. The predicted octanol–water partition coefficient (Wildman–Crippen LogP) is 5.31. The maximum absolute atomic E-state index is 11.5. The molecule has 5 nitrogen and oxygen atoms in total. The molecule has 0 saturated carbocycles. The second kappa shape index (κ2) is 9.27. The first-order chi connectivity index (χ1) is 14.7. The molecule has 152 valence electrons. The van der Waals surface area contributed by atoms with Gasteiger partial charge in [-0.3, -0.25) is 4.99 Å². The molecule has 0 aliphatic carbocycles. The fourth-order valence-electron chi connectivity index (χ4n) is 3.47. The van der Waals surface area contributed by atoms with Crippen molar-refractivity contribution in [2.24, 2.45) is 4.99 Å². The summed E-state index contributed by atoms with van der Waals surface area (Å²) in [5.41, 5.74) is 5.19. The van der Waals surface area contributed by atoms with Gasteiger partial charge in [0.25, 0.3) is 0 Å². The summed E-state index contributed by atoms with van der Waals surface area (Å²) in [6.45, 7) is 2.02. The summed E-state index contributed by atoms with van der Waals surface area (Å²) in [6.07, 6.45) is 0.752. The van der Waals surface area contributed by atoms with Gasteiger partial charge in [-0.05, 0) is 54.4 Å². The molecule has 0 aromatic heterocycles. The number of esters is 1. The van der Waals surface area contributed by atoms with Crippen LogP contribution < -0.4 is 10.1 Å². The molecule has 1 aliphatic rings. The van der Waals surface area contributed by atoms with E-state index in [2.05, 4.69) is 35.6 Å². The Kier molecular flexibility index (Phi) is 6.09. The molecular weight excluding hydrogens is 376 g/mol. The lowest BCUT2D eigenvalue weighted by molar-refractivity contribution is -0.145. The molecule has 0 fully saturated rings. The molecule has 5 heteroatoms. The fraction of sp³-hybridized carbons (Fsp3) is 0.200. The van der Waals surface area contributed by atoms with Gasteiger partial charge in [-0.2, -0.15) is 0 Å². The smallest absolute Gasteiger partial charge is 0.344 e. The van der Waals surface area contributed by atoms with E-state index in [1.807, 2.05) is 48.5 Å². The Labute approximate surface area is 176 Å². The minimum absolute atomic E-state index is 0.0957. The summed E-state index contributed by atoms with van der Waals surface area (Å²) in [7, 11) is 0. The average Bonchev–Trinajstić information content (AvgIpc) is 2.99. The number of nitrogens with zero attached hydrogens (tertiary/aromatic N) is 1. The molecule has 0 saturated heterocycles. The van der Waals surface area contributed by atoms with Crippen molar-refractivity contribution in [1.82, 2.24) is 0 Å². The van der Waals surface area contributed by atoms with E-state index >= 15 is 0 Å². The number of fused-ring (bicyclic) bond motifs is 1. The van der Waals surface area contributed by atoms with Crippen LogP contribution in [0, 0.1) is 0 Å². The summed E-state index contributed by atoms with van der Waals surface area (Å²) >= 11 is 0. The maximum atomic E-state index is 11.5. The van der Waals surface area contributed by atoms with Crippen LogP contribution in [0.4, 0.5) is 11.4 Å². The highest BCUT2D eigenvalue weighted by Crippen LogP contribution is 2.35. The van der Waals surface area contributed by atoms with Crippen molar-refractivity contribution in [3.8, 4) is 5.75 Å². The van der Waals surface area contributed by atoms with Crippen molar-refractivity contribution in [1.29, 1.82) is 0 Å². The Morgan fingerprint density at radius 2 is 1.73 bits per heavy atom. The third kappa shape index (κ3) is 4.69. The van der Waals surface area contributed by atoms with Gasteiger partial charge in [0.2, 0.25) is 0 Å². The molecule has 3 aromatic rings. The quantitative estimate of drug-likeness (QED) is 0.570. The average molecular weight is 400 g/mol. The Morgan fingerprint density at radius 1 is 1.00 bits per heavy atom. The Bertz CT molecular complexity index is 1030. The van der Waals surface area contributed by atoms with Gasteiger partial charge >= 0.3 is 5.97 Å². The summed E-state index contributed by atoms with van der Waals surface area (Å²) < 4.78 is 10.4. The highest BCUT2D eigenvalue weighted by Gasteiger charge is 2.20. The molecule has 30 heavy (non-hydrogen) atoms. The molecule has 1 aliphatic heterocycles. The van der Waals surface area contributed by atoms with Crippen molar-refractivity contribution in [2.75, 3.05) is 18.5 Å². The normalized spacial score (nSPS) is 15.2. The number of benzene rings is 3. The lowest BCUT2D eigenvalue weighted by atomic mass is 9.97. The molecule has 3 aromatic carbocycles. The van der Waals surface area contributed by atoms with Crippen LogP contribution in [-0.2, 0) is 9.53 Å². The maximum Gasteiger partial charge on any atom is 0.344 e. The zero-order valence-electron chi connectivity index (χ0n) is 16.9. The Balaban J connectivity index is 1.58. The fourth-order valence-corrected chi connectivity index (χ4v) is 3.47. The van der Waals surface area contributed by atoms with Crippen molar-refractivity contribution >= 4 is 23.1 Å². The van der Waals surface area contributed by atoms with Crippen LogP contribution in [-0.4, -0.2) is 24.9 Å². The lowest BCUT2D eigenvalue weighted by Crippen LogP contribution is -2.15. The number of ether oxygens (including phenoxy) is 2. The summed E-state index contributed by atoms with van der Waals surface area (Å²) in [5, 5.41) is 3.64. The van der Waals surface area contributed by atoms with Crippen molar-refractivity contribution in [2.45, 2.75) is 19.4 Å². The van der Waals surface area contributed by atoms with Crippen LogP contribution in [0.15, 0.2) is 83.9 Å². The molecule has 1 atom stereocenters. The number of hydrogen-bond acceptors (Lipinski definition) is 5. The number of rotatable bonds is 6. The van der Waals surface area contributed by atoms with E-state index in [0.717, 1.165) is 29.1 Å². The molecule has 0 radical (unpaired) electrons. The minimum atomic E-state index is -0.372. The summed E-state index contributed by atoms with van der Waals surface area (Å²) in [6, 6.07) is 26.3. The van der Waals surface area contributed by atoms with Gasteiger partial charge < -0.3 is 14.8 Å². The SMILES string of the molecule is CCOC(=O)COc1ccc(C2=Nc3ccccc3NC(c3ccccc3)C2)cc1. The molecule has 1 unspecified atom stereocenters. The van der Waals surface area contributed by atoms with Crippen molar-refractivity contribution < 1.29 is 14.3 Å². The van der Waals surface area contributed by atoms with Crippen LogP contribution >= 0.6 is 0 Å². The summed E-state index contributed by atoms with van der Waals surface area (Å²) in [4.78, 5) is 16.4. The molecule has 0 bridgehead atoms. The van der Waals surface area contributed by atoms with Crippen LogP contribution in [0.3, 0.4) is 0 Å². The van der Waals surface area contributed by atoms with E-state index in [0.29, 0.717) is 12.4 Å². The number of aliphatic imine (C=N–C) groups is 1. The van der Waals surface area contributed by atoms with E-state index in [4.69, 9.17) is 14.5 Å². The highest BCUT2D eigenvalue weighted by atomic mass is 16.6. The highest BCUT2D eigenvalue weighted by molar-refractivity contribution is 6.04. The van der Waals surface area contributed by atoms with E-state index < -0.39 is 0 Å². The number of anilines is 1. The monoisotopic (exact) mass is 400 g/mol. The molecule has 0 spiro atoms. The predicted molar refractivity (Wildman–Crippen MR) is 119 cm³/mol. The van der Waals surface area contributed by atoms with E-state index in [9.17, 15) is 4.79 Å². The number of carbonyl (C=O) groups is 1. The van der Waals surface area contributed by atoms with E-state index in [-0.39, 0.29) is 18.6 Å². The molecule has 0 amide bonds. The van der Waals surface area contributed by atoms with Gasteiger partial charge in [0.1, 0.15) is 5.75 Å². The second-order valence-electron chi connectivity index (χ2n) is 7.01. The van der Waals surface area contributed by atoms with Gasteiger partial charge in [-0.1, -0.05) is 42.5 Å². The van der Waals surface area contributed by atoms with Gasteiger partial charge in [0.05, 0.1) is 29.7 Å². The van der Waals surface area contributed by atoms with Crippen molar-refractivity contribution in [3.63, 3.8) is 0 Å². The van der Waals surface area contributed by atoms with Gasteiger partial charge in [-0.15, -0.1) is 0 Å². The van der Waals surface area contributed by atoms with E-state index in [1.165, 1.54) is 5.56 Å².